The highest BCUT2D eigenvalue weighted by atomic mass is 32.2. The number of nitrogens with zero attached hydrogens (tertiary/aromatic N) is 2. The van der Waals surface area contributed by atoms with Crippen LogP contribution in [-0.4, -0.2) is 65.3 Å². The summed E-state index contributed by atoms with van der Waals surface area (Å²) in [7, 11) is 1.82. The zero-order chi connectivity index (χ0) is 18.6. The Kier molecular flexibility index (Phi) is 6.23. The Labute approximate surface area is 139 Å². The number of hydrogen-bond donors (Lipinski definition) is 0. The Morgan fingerprint density at radius 2 is 1.71 bits per heavy atom. The minimum Gasteiger partial charge on any atom is -0.488 e. The molecule has 1 aromatic rings. The van der Waals surface area contributed by atoms with E-state index in [9.17, 15) is 21.6 Å². The molecule has 0 unspecified atom stereocenters. The molecule has 0 radical (unpaired) electrons. The van der Waals surface area contributed by atoms with Gasteiger partial charge >= 0.3 is 16.3 Å². The van der Waals surface area contributed by atoms with Crippen LogP contribution in [0.25, 0.3) is 0 Å². The van der Waals surface area contributed by atoms with E-state index in [0.29, 0.717) is 23.1 Å². The van der Waals surface area contributed by atoms with Gasteiger partial charge in [0.2, 0.25) is 0 Å². The Bertz CT molecular complexity index is 677. The molecule has 0 amide bonds. The third kappa shape index (κ3) is 7.64. The smallest absolute Gasteiger partial charge is 0.437 e. The van der Waals surface area contributed by atoms with Gasteiger partial charge < -0.3 is 9.22 Å². The Morgan fingerprint density at radius 1 is 1.17 bits per heavy atom. The van der Waals surface area contributed by atoms with Gasteiger partial charge in [0.05, 0.1) is 27.4 Å². The number of quaternary nitrogens is 1. The summed E-state index contributed by atoms with van der Waals surface area (Å²) in [6.07, 6.45) is -4.26. The number of ether oxygens (including phenoxy) is 1. The average Bonchev–Trinajstić information content (AvgIpc) is 2.36. The van der Waals surface area contributed by atoms with Crippen LogP contribution in [0.5, 0.6) is 5.75 Å². The van der Waals surface area contributed by atoms with Crippen molar-refractivity contribution < 1.29 is 35.1 Å². The fraction of sp³-hybridized carbons (Fsp3) is 0.500. The first-order valence-corrected chi connectivity index (χ1v) is 8.67. The summed E-state index contributed by atoms with van der Waals surface area (Å²) in [4.78, 5) is 0. The molecule has 1 rings (SSSR count). The van der Waals surface area contributed by atoms with E-state index >= 15 is 0 Å². The number of likely N-dealkylation sites (N-methyl/N-ethyl adjacent to an activating group) is 1. The molecule has 0 aromatic heterocycles. The van der Waals surface area contributed by atoms with Crippen molar-refractivity contribution in [1.82, 2.24) is 0 Å². The summed E-state index contributed by atoms with van der Waals surface area (Å²) >= 11 is 0. The second kappa shape index (κ2) is 7.39. The molecule has 6 nitrogen and oxygen atoms in total. The van der Waals surface area contributed by atoms with Gasteiger partial charge in [0.15, 0.2) is 5.71 Å². The highest BCUT2D eigenvalue weighted by Crippen LogP contribution is 2.24. The standard InChI is InChI=1S/C14H20F3N2O4S/c1-19(2,3)9-10-22-12-7-5-11(6-8-12)13(14(15,16)17)18-23-24(4,20)21/h5-8H,9-10H2,1-4H3/q+1. The van der Waals surface area contributed by atoms with Crippen LogP contribution in [0.4, 0.5) is 13.2 Å². The van der Waals surface area contributed by atoms with Crippen LogP contribution in [0.15, 0.2) is 29.4 Å². The highest BCUT2D eigenvalue weighted by molar-refractivity contribution is 7.85. The predicted molar refractivity (Wildman–Crippen MR) is 83.4 cm³/mol. The summed E-state index contributed by atoms with van der Waals surface area (Å²) in [5, 5.41) is 2.72. The van der Waals surface area contributed by atoms with Crippen LogP contribution in [0, 0.1) is 0 Å². The van der Waals surface area contributed by atoms with Crippen molar-refractivity contribution in [3.05, 3.63) is 29.8 Å². The highest BCUT2D eigenvalue weighted by Gasteiger charge is 2.38. The molecule has 0 saturated carbocycles. The molecule has 0 aliphatic heterocycles. The molecule has 0 atom stereocenters. The Balaban J connectivity index is 2.90. The summed E-state index contributed by atoms with van der Waals surface area (Å²) in [5.41, 5.74) is -1.77. The molecular weight excluding hydrogens is 349 g/mol. The van der Waals surface area contributed by atoms with E-state index in [2.05, 4.69) is 9.44 Å². The van der Waals surface area contributed by atoms with Crippen molar-refractivity contribution in [3.63, 3.8) is 0 Å². The molecule has 10 heteroatoms. The monoisotopic (exact) mass is 369 g/mol. The van der Waals surface area contributed by atoms with Gasteiger partial charge in [-0.05, 0) is 24.3 Å². The van der Waals surface area contributed by atoms with Crippen molar-refractivity contribution in [2.75, 3.05) is 40.6 Å². The molecule has 0 spiro atoms. The number of benzene rings is 1. The lowest BCUT2D eigenvalue weighted by atomic mass is 10.1. The average molecular weight is 369 g/mol. The van der Waals surface area contributed by atoms with Crippen LogP contribution in [0.3, 0.4) is 0 Å². The minimum absolute atomic E-state index is 0.329. The van der Waals surface area contributed by atoms with E-state index in [1.54, 1.807) is 0 Å². The quantitative estimate of drug-likeness (QED) is 0.419. The summed E-state index contributed by atoms with van der Waals surface area (Å²) in [6, 6.07) is 4.98. The molecule has 136 valence electrons. The second-order valence-corrected chi connectivity index (χ2v) is 7.66. The van der Waals surface area contributed by atoms with Gasteiger partial charge in [0.1, 0.15) is 18.9 Å². The van der Waals surface area contributed by atoms with E-state index in [1.807, 2.05) is 21.1 Å². The molecule has 0 bridgehead atoms. The SMILES string of the molecule is C[N+](C)(C)CCOc1ccc(C(=NOS(C)(=O)=O)C(F)(F)F)cc1. The second-order valence-electron chi connectivity index (χ2n) is 6.10. The molecule has 0 N–H and O–H groups in total. The number of halogens is 3. The maximum atomic E-state index is 13.0. The lowest BCUT2D eigenvalue weighted by molar-refractivity contribution is -0.870. The first-order chi connectivity index (χ1) is 10.8. The van der Waals surface area contributed by atoms with Crippen molar-refractivity contribution >= 4 is 15.8 Å². The Hall–Kier alpha value is -1.81. The van der Waals surface area contributed by atoms with Crippen LogP contribution in [0.1, 0.15) is 5.56 Å². The number of hydrogen-bond acceptors (Lipinski definition) is 5. The number of oxime groups is 1. The van der Waals surface area contributed by atoms with Gasteiger partial charge in [-0.2, -0.15) is 21.6 Å². The molecule has 0 heterocycles. The third-order valence-electron chi connectivity index (χ3n) is 2.69. The lowest BCUT2D eigenvalue weighted by Crippen LogP contribution is -2.38. The maximum absolute atomic E-state index is 13.0. The molecule has 0 aliphatic rings. The molecular formula is C14H20F3N2O4S+. The first-order valence-electron chi connectivity index (χ1n) is 6.85. The summed E-state index contributed by atoms with van der Waals surface area (Å²) in [5.74, 6) is 0.401. The third-order valence-corrected chi connectivity index (χ3v) is 3.04. The summed E-state index contributed by atoms with van der Waals surface area (Å²) < 4.78 is 70.6. The van der Waals surface area contributed by atoms with Gasteiger partial charge in [-0.1, -0.05) is 5.16 Å². The van der Waals surface area contributed by atoms with Crippen molar-refractivity contribution in [2.45, 2.75) is 6.18 Å². The van der Waals surface area contributed by atoms with Gasteiger partial charge in [-0.15, -0.1) is 0 Å². The topological polar surface area (TPSA) is 65.0 Å². The van der Waals surface area contributed by atoms with Gasteiger partial charge in [0, 0.05) is 5.56 Å². The predicted octanol–water partition coefficient (Wildman–Crippen LogP) is 2.01. The molecule has 1 aromatic carbocycles. The zero-order valence-corrected chi connectivity index (χ0v) is 14.6. The zero-order valence-electron chi connectivity index (χ0n) is 13.8. The van der Waals surface area contributed by atoms with Crippen LogP contribution in [0.2, 0.25) is 0 Å². The van der Waals surface area contributed by atoms with Crippen LogP contribution in [-0.2, 0) is 14.4 Å². The molecule has 0 fully saturated rings. The number of alkyl halides is 3. The van der Waals surface area contributed by atoms with Crippen molar-refractivity contribution in [3.8, 4) is 5.75 Å². The first kappa shape index (κ1) is 20.2. The van der Waals surface area contributed by atoms with E-state index < -0.39 is 22.0 Å². The number of rotatable bonds is 7. The molecule has 0 saturated heterocycles. The van der Waals surface area contributed by atoms with Gasteiger partial charge in [-0.25, -0.2) is 0 Å². The van der Waals surface area contributed by atoms with Gasteiger partial charge in [0.25, 0.3) is 0 Å². The van der Waals surface area contributed by atoms with E-state index in [4.69, 9.17) is 4.74 Å². The summed E-state index contributed by atoms with van der Waals surface area (Å²) in [6.45, 7) is 1.12. The lowest BCUT2D eigenvalue weighted by Gasteiger charge is -2.23. The minimum atomic E-state index is -4.86. The van der Waals surface area contributed by atoms with Crippen LogP contribution >= 0.6 is 0 Å². The normalized spacial score (nSPS) is 13.7. The Morgan fingerprint density at radius 3 is 2.12 bits per heavy atom. The largest absolute Gasteiger partial charge is 0.488 e. The van der Waals surface area contributed by atoms with Crippen molar-refractivity contribution in [1.29, 1.82) is 0 Å². The fourth-order valence-electron chi connectivity index (χ4n) is 1.52. The molecule has 24 heavy (non-hydrogen) atoms. The fourth-order valence-corrected chi connectivity index (χ4v) is 1.73. The van der Waals surface area contributed by atoms with Gasteiger partial charge in [-0.3, -0.25) is 4.28 Å². The maximum Gasteiger partial charge on any atom is 0.437 e. The molecule has 0 aliphatic carbocycles. The van der Waals surface area contributed by atoms with Crippen LogP contribution < -0.4 is 4.74 Å². The van der Waals surface area contributed by atoms with E-state index in [-0.39, 0.29) is 5.56 Å². The van der Waals surface area contributed by atoms with Crippen molar-refractivity contribution in [2.24, 2.45) is 5.16 Å². The van der Waals surface area contributed by atoms with E-state index in [1.165, 1.54) is 12.1 Å². The van der Waals surface area contributed by atoms with E-state index in [0.717, 1.165) is 18.7 Å².